The van der Waals surface area contributed by atoms with Crippen molar-refractivity contribution in [2.45, 2.75) is 32.7 Å². The fourth-order valence-corrected chi connectivity index (χ4v) is 0.381. The zero-order valence-corrected chi connectivity index (χ0v) is 6.81. The van der Waals surface area contributed by atoms with Crippen LogP contribution in [0.2, 0.25) is 0 Å². The molecule has 2 N–H and O–H groups in total. The number of nitrogens with two attached hydrogens (primary N) is 1. The van der Waals surface area contributed by atoms with Crippen LogP contribution in [0.5, 0.6) is 0 Å². The molecule has 0 aliphatic heterocycles. The molecule has 0 aromatic heterocycles. The van der Waals surface area contributed by atoms with Crippen LogP contribution in [0.15, 0.2) is 0 Å². The molecule has 0 saturated carbocycles. The molecule has 0 aromatic carbocycles. The smallest absolute Gasteiger partial charge is 0.325 e. The van der Waals surface area contributed by atoms with Gasteiger partial charge in [0.2, 0.25) is 0 Å². The molecule has 3 heteroatoms. The van der Waals surface area contributed by atoms with E-state index in [1.54, 1.807) is 13.8 Å². The molecular weight excluding hydrogens is 130 g/mol. The molecule has 0 aromatic rings. The SMILES string of the molecule is CCCOC(=O)C(C)(C)N. The lowest BCUT2D eigenvalue weighted by atomic mass is 10.1. The fraction of sp³-hybridized carbons (Fsp3) is 0.857. The number of carbonyl (C=O) groups excluding carboxylic acids is 1. The van der Waals surface area contributed by atoms with Crippen molar-refractivity contribution in [2.75, 3.05) is 6.61 Å². The van der Waals surface area contributed by atoms with E-state index >= 15 is 0 Å². The van der Waals surface area contributed by atoms with Crippen molar-refractivity contribution >= 4 is 5.97 Å². The van der Waals surface area contributed by atoms with Gasteiger partial charge in [-0.3, -0.25) is 4.79 Å². The Morgan fingerprint density at radius 3 is 2.40 bits per heavy atom. The van der Waals surface area contributed by atoms with Gasteiger partial charge in [0.05, 0.1) is 6.61 Å². The van der Waals surface area contributed by atoms with Gasteiger partial charge in [0, 0.05) is 0 Å². The van der Waals surface area contributed by atoms with Gasteiger partial charge in [-0.05, 0) is 20.3 Å². The first-order chi connectivity index (χ1) is 4.48. The van der Waals surface area contributed by atoms with Crippen LogP contribution >= 0.6 is 0 Å². The van der Waals surface area contributed by atoms with E-state index in [1.165, 1.54) is 0 Å². The summed E-state index contributed by atoms with van der Waals surface area (Å²) < 4.78 is 4.79. The van der Waals surface area contributed by atoms with Crippen molar-refractivity contribution in [3.8, 4) is 0 Å². The predicted octanol–water partition coefficient (Wildman–Crippen LogP) is 0.677. The van der Waals surface area contributed by atoms with E-state index in [-0.39, 0.29) is 5.97 Å². The van der Waals surface area contributed by atoms with Crippen LogP contribution in [0.25, 0.3) is 0 Å². The highest BCUT2D eigenvalue weighted by atomic mass is 16.5. The first kappa shape index (κ1) is 9.43. The summed E-state index contributed by atoms with van der Waals surface area (Å²) in [5, 5.41) is 0. The summed E-state index contributed by atoms with van der Waals surface area (Å²) in [6.07, 6.45) is 0.835. The maximum atomic E-state index is 10.9. The van der Waals surface area contributed by atoms with Gasteiger partial charge in [0.25, 0.3) is 0 Å². The maximum Gasteiger partial charge on any atom is 0.325 e. The van der Waals surface area contributed by atoms with Crippen molar-refractivity contribution in [3.63, 3.8) is 0 Å². The van der Waals surface area contributed by atoms with Crippen molar-refractivity contribution in [1.29, 1.82) is 0 Å². The Hall–Kier alpha value is -0.570. The molecule has 0 amide bonds. The van der Waals surface area contributed by atoms with Gasteiger partial charge >= 0.3 is 5.97 Å². The quantitative estimate of drug-likeness (QED) is 0.594. The number of ether oxygens (including phenoxy) is 1. The second kappa shape index (κ2) is 3.56. The molecule has 0 aliphatic carbocycles. The van der Waals surface area contributed by atoms with E-state index in [1.807, 2.05) is 6.92 Å². The van der Waals surface area contributed by atoms with Gasteiger partial charge in [-0.2, -0.15) is 0 Å². The number of carbonyl (C=O) groups is 1. The third-order valence-electron chi connectivity index (χ3n) is 0.963. The Bertz CT molecular complexity index is 115. The molecule has 0 bridgehead atoms. The molecule has 10 heavy (non-hydrogen) atoms. The minimum absolute atomic E-state index is 0.339. The molecule has 0 radical (unpaired) electrons. The van der Waals surface area contributed by atoms with Crippen LogP contribution in [0.4, 0.5) is 0 Å². The third kappa shape index (κ3) is 3.45. The van der Waals surface area contributed by atoms with Crippen molar-refractivity contribution in [2.24, 2.45) is 5.73 Å². The molecule has 0 unspecified atom stereocenters. The van der Waals surface area contributed by atoms with Gasteiger partial charge in [-0.25, -0.2) is 0 Å². The Morgan fingerprint density at radius 1 is 1.60 bits per heavy atom. The average Bonchev–Trinajstić information content (AvgIpc) is 1.80. The van der Waals surface area contributed by atoms with Gasteiger partial charge in [0.15, 0.2) is 0 Å². The highest BCUT2D eigenvalue weighted by molar-refractivity contribution is 5.79. The minimum atomic E-state index is -0.852. The first-order valence-electron chi connectivity index (χ1n) is 3.44. The van der Waals surface area contributed by atoms with E-state index in [2.05, 4.69) is 0 Å². The second-order valence-electron chi connectivity index (χ2n) is 2.86. The summed E-state index contributed by atoms with van der Waals surface area (Å²) in [7, 11) is 0. The minimum Gasteiger partial charge on any atom is -0.464 e. The molecule has 3 nitrogen and oxygen atoms in total. The summed E-state index contributed by atoms with van der Waals surface area (Å²) in [6.45, 7) is 5.66. The maximum absolute atomic E-state index is 10.9. The van der Waals surface area contributed by atoms with Crippen LogP contribution in [-0.2, 0) is 9.53 Å². The Balaban J connectivity index is 3.64. The van der Waals surface area contributed by atoms with E-state index in [9.17, 15) is 4.79 Å². The van der Waals surface area contributed by atoms with Crippen LogP contribution in [0.3, 0.4) is 0 Å². The lowest BCUT2D eigenvalue weighted by molar-refractivity contribution is -0.148. The van der Waals surface area contributed by atoms with E-state index in [4.69, 9.17) is 10.5 Å². The fourth-order valence-electron chi connectivity index (χ4n) is 0.381. The molecule has 0 atom stereocenters. The molecule has 0 rings (SSSR count). The largest absolute Gasteiger partial charge is 0.464 e. The van der Waals surface area contributed by atoms with E-state index in [0.29, 0.717) is 6.61 Å². The number of rotatable bonds is 3. The van der Waals surface area contributed by atoms with Crippen molar-refractivity contribution in [1.82, 2.24) is 0 Å². The van der Waals surface area contributed by atoms with Crippen LogP contribution in [-0.4, -0.2) is 18.1 Å². The molecule has 0 fully saturated rings. The molecule has 0 saturated heterocycles. The lowest BCUT2D eigenvalue weighted by Gasteiger charge is -2.15. The normalized spacial score (nSPS) is 11.2. The molecule has 60 valence electrons. The summed E-state index contributed by atoms with van der Waals surface area (Å²) in [5.41, 5.74) is 4.59. The predicted molar refractivity (Wildman–Crippen MR) is 39.5 cm³/mol. The summed E-state index contributed by atoms with van der Waals surface area (Å²) >= 11 is 0. The van der Waals surface area contributed by atoms with Crippen LogP contribution in [0.1, 0.15) is 27.2 Å². The standard InChI is InChI=1S/C7H15NO2/c1-4-5-10-6(9)7(2,3)8/h4-5,8H2,1-3H3. The second-order valence-corrected chi connectivity index (χ2v) is 2.86. The molecule has 0 aliphatic rings. The Morgan fingerprint density at radius 2 is 2.10 bits per heavy atom. The molecule has 0 heterocycles. The summed E-state index contributed by atoms with van der Waals surface area (Å²) in [4.78, 5) is 10.9. The van der Waals surface area contributed by atoms with Gasteiger partial charge in [0.1, 0.15) is 5.54 Å². The molecular formula is C7H15NO2. The Labute approximate surface area is 61.5 Å². The third-order valence-corrected chi connectivity index (χ3v) is 0.963. The topological polar surface area (TPSA) is 52.3 Å². The highest BCUT2D eigenvalue weighted by Crippen LogP contribution is 1.99. The number of esters is 1. The zero-order chi connectivity index (χ0) is 8.20. The highest BCUT2D eigenvalue weighted by Gasteiger charge is 2.22. The van der Waals surface area contributed by atoms with Crippen molar-refractivity contribution < 1.29 is 9.53 Å². The number of hydrogen-bond acceptors (Lipinski definition) is 3. The Kier molecular flexibility index (Phi) is 3.36. The monoisotopic (exact) mass is 145 g/mol. The summed E-state index contributed by atoms with van der Waals surface area (Å²) in [5.74, 6) is -0.339. The lowest BCUT2D eigenvalue weighted by Crippen LogP contribution is -2.42. The van der Waals surface area contributed by atoms with E-state index < -0.39 is 5.54 Å². The van der Waals surface area contributed by atoms with Gasteiger partial charge in [-0.1, -0.05) is 6.92 Å². The van der Waals surface area contributed by atoms with Crippen LogP contribution in [0, 0.1) is 0 Å². The van der Waals surface area contributed by atoms with Crippen molar-refractivity contribution in [3.05, 3.63) is 0 Å². The summed E-state index contributed by atoms with van der Waals surface area (Å²) in [6, 6.07) is 0. The van der Waals surface area contributed by atoms with Gasteiger partial charge < -0.3 is 10.5 Å². The first-order valence-corrected chi connectivity index (χ1v) is 3.44. The van der Waals surface area contributed by atoms with Crippen LogP contribution < -0.4 is 5.73 Å². The van der Waals surface area contributed by atoms with Gasteiger partial charge in [-0.15, -0.1) is 0 Å². The average molecular weight is 145 g/mol. The zero-order valence-electron chi connectivity index (χ0n) is 6.81. The number of hydrogen-bond donors (Lipinski definition) is 1. The van der Waals surface area contributed by atoms with E-state index in [0.717, 1.165) is 6.42 Å². The molecule has 0 spiro atoms.